The average molecular weight is 229 g/mol. The first-order valence-electron chi connectivity index (χ1n) is 5.13. The van der Waals surface area contributed by atoms with Crippen LogP contribution < -0.4 is 9.64 Å². The third-order valence-corrected chi connectivity index (χ3v) is 2.45. The zero-order chi connectivity index (χ0) is 11.1. The number of anilines is 1. The van der Waals surface area contributed by atoms with Gasteiger partial charge in [0.15, 0.2) is 0 Å². The van der Waals surface area contributed by atoms with Crippen molar-refractivity contribution >= 4 is 17.4 Å². The van der Waals surface area contributed by atoms with E-state index >= 15 is 0 Å². The van der Waals surface area contributed by atoms with E-state index in [0.29, 0.717) is 11.8 Å². The Labute approximate surface area is 96.0 Å². The fourth-order valence-corrected chi connectivity index (χ4v) is 1.50. The van der Waals surface area contributed by atoms with Crippen LogP contribution >= 0.6 is 11.6 Å². The van der Waals surface area contributed by atoms with Crippen molar-refractivity contribution in [3.05, 3.63) is 18.2 Å². The van der Waals surface area contributed by atoms with Gasteiger partial charge in [0, 0.05) is 25.0 Å². The topological polar surface area (TPSA) is 25.4 Å². The molecular weight excluding hydrogens is 212 g/mol. The number of halogens is 1. The molecule has 15 heavy (non-hydrogen) atoms. The largest absolute Gasteiger partial charge is 0.481 e. The molecule has 0 amide bonds. The second-order valence-electron chi connectivity index (χ2n) is 3.16. The summed E-state index contributed by atoms with van der Waals surface area (Å²) in [6.45, 7) is 3.96. The molecule has 1 aromatic rings. The van der Waals surface area contributed by atoms with Gasteiger partial charge in [-0.3, -0.25) is 0 Å². The minimum atomic E-state index is 0.650. The third kappa shape index (κ3) is 3.59. The number of alkyl halides is 1. The molecular formula is C11H17ClN2O. The Morgan fingerprint density at radius 3 is 2.87 bits per heavy atom. The van der Waals surface area contributed by atoms with Gasteiger partial charge in [-0.2, -0.15) is 4.98 Å². The van der Waals surface area contributed by atoms with Crippen molar-refractivity contribution in [2.24, 2.45) is 0 Å². The Kier molecular flexibility index (Phi) is 5.26. The van der Waals surface area contributed by atoms with E-state index in [0.717, 1.165) is 25.3 Å². The highest BCUT2D eigenvalue weighted by molar-refractivity contribution is 6.17. The van der Waals surface area contributed by atoms with E-state index in [1.807, 2.05) is 18.2 Å². The zero-order valence-corrected chi connectivity index (χ0v) is 10.00. The number of nitrogens with zero attached hydrogens (tertiary/aromatic N) is 2. The molecule has 1 aromatic heterocycles. The maximum absolute atomic E-state index is 5.68. The molecule has 0 fully saturated rings. The summed E-state index contributed by atoms with van der Waals surface area (Å²) in [7, 11) is 1.63. The number of aromatic nitrogens is 1. The van der Waals surface area contributed by atoms with Crippen molar-refractivity contribution in [1.82, 2.24) is 4.98 Å². The maximum atomic E-state index is 5.68. The number of pyridine rings is 1. The SMILES string of the molecule is CCN(CCCCl)c1cccc(OC)n1. The second kappa shape index (κ2) is 6.51. The minimum Gasteiger partial charge on any atom is -0.481 e. The maximum Gasteiger partial charge on any atom is 0.214 e. The van der Waals surface area contributed by atoms with Crippen molar-refractivity contribution in [1.29, 1.82) is 0 Å². The predicted octanol–water partition coefficient (Wildman–Crippen LogP) is 2.55. The summed E-state index contributed by atoms with van der Waals surface area (Å²) < 4.78 is 5.09. The van der Waals surface area contributed by atoms with Crippen LogP contribution in [0.5, 0.6) is 5.88 Å². The van der Waals surface area contributed by atoms with Gasteiger partial charge in [-0.05, 0) is 19.4 Å². The molecule has 1 heterocycles. The Balaban J connectivity index is 2.72. The van der Waals surface area contributed by atoms with Crippen molar-refractivity contribution < 1.29 is 4.74 Å². The van der Waals surface area contributed by atoms with Gasteiger partial charge >= 0.3 is 0 Å². The summed E-state index contributed by atoms with van der Waals surface area (Å²) in [6, 6.07) is 5.78. The summed E-state index contributed by atoms with van der Waals surface area (Å²) in [4.78, 5) is 6.56. The standard InChI is InChI=1S/C11H17ClN2O/c1-3-14(9-5-8-12)10-6-4-7-11(13-10)15-2/h4,6-7H,3,5,8-9H2,1-2H3. The van der Waals surface area contributed by atoms with Crippen molar-refractivity contribution in [2.45, 2.75) is 13.3 Å². The van der Waals surface area contributed by atoms with Gasteiger partial charge in [-0.25, -0.2) is 0 Å². The van der Waals surface area contributed by atoms with E-state index in [1.165, 1.54) is 0 Å². The fraction of sp³-hybridized carbons (Fsp3) is 0.545. The van der Waals surface area contributed by atoms with Gasteiger partial charge in [0.05, 0.1) is 7.11 Å². The van der Waals surface area contributed by atoms with E-state index in [9.17, 15) is 0 Å². The molecule has 0 aliphatic carbocycles. The van der Waals surface area contributed by atoms with Crippen LogP contribution in [0.1, 0.15) is 13.3 Å². The molecule has 0 saturated heterocycles. The van der Waals surface area contributed by atoms with Crippen LogP contribution in [0.15, 0.2) is 18.2 Å². The molecule has 4 heteroatoms. The number of hydrogen-bond acceptors (Lipinski definition) is 3. The summed E-state index contributed by atoms with van der Waals surface area (Å²) in [5, 5.41) is 0. The lowest BCUT2D eigenvalue weighted by Gasteiger charge is -2.21. The monoisotopic (exact) mass is 228 g/mol. The van der Waals surface area contributed by atoms with E-state index in [4.69, 9.17) is 16.3 Å². The molecule has 0 bridgehead atoms. The summed E-state index contributed by atoms with van der Waals surface area (Å²) in [6.07, 6.45) is 0.967. The fourth-order valence-electron chi connectivity index (χ4n) is 1.38. The molecule has 0 spiro atoms. The van der Waals surface area contributed by atoms with Crippen LogP contribution in [0.3, 0.4) is 0 Å². The lowest BCUT2D eigenvalue weighted by atomic mass is 10.3. The van der Waals surface area contributed by atoms with Gasteiger partial charge in [-0.15, -0.1) is 11.6 Å². The summed E-state index contributed by atoms with van der Waals surface area (Å²) in [5.74, 6) is 2.28. The van der Waals surface area contributed by atoms with Crippen LogP contribution in [-0.2, 0) is 0 Å². The molecule has 0 radical (unpaired) electrons. The Bertz CT molecular complexity index is 294. The Morgan fingerprint density at radius 2 is 2.27 bits per heavy atom. The number of hydrogen-bond donors (Lipinski definition) is 0. The first kappa shape index (κ1) is 12.1. The quantitative estimate of drug-likeness (QED) is 0.700. The molecule has 0 aliphatic heterocycles. The first-order valence-corrected chi connectivity index (χ1v) is 5.67. The van der Waals surface area contributed by atoms with Crippen LogP contribution in [-0.4, -0.2) is 31.1 Å². The van der Waals surface area contributed by atoms with Crippen LogP contribution in [0, 0.1) is 0 Å². The van der Waals surface area contributed by atoms with E-state index < -0.39 is 0 Å². The zero-order valence-electron chi connectivity index (χ0n) is 9.24. The van der Waals surface area contributed by atoms with Gasteiger partial charge in [0.1, 0.15) is 5.82 Å². The van der Waals surface area contributed by atoms with E-state index in [1.54, 1.807) is 7.11 Å². The molecule has 0 unspecified atom stereocenters. The molecule has 84 valence electrons. The Hall–Kier alpha value is -0.960. The van der Waals surface area contributed by atoms with Crippen LogP contribution in [0.4, 0.5) is 5.82 Å². The second-order valence-corrected chi connectivity index (χ2v) is 3.54. The van der Waals surface area contributed by atoms with Crippen LogP contribution in [0.25, 0.3) is 0 Å². The minimum absolute atomic E-state index is 0.650. The lowest BCUT2D eigenvalue weighted by Crippen LogP contribution is -2.25. The number of methoxy groups -OCH3 is 1. The van der Waals surface area contributed by atoms with Gasteiger partial charge < -0.3 is 9.64 Å². The predicted molar refractivity (Wildman–Crippen MR) is 64.0 cm³/mol. The van der Waals surface area contributed by atoms with E-state index in [2.05, 4.69) is 16.8 Å². The number of ether oxygens (including phenoxy) is 1. The highest BCUT2D eigenvalue weighted by Crippen LogP contribution is 2.15. The van der Waals surface area contributed by atoms with Gasteiger partial charge in [0.25, 0.3) is 0 Å². The molecule has 0 N–H and O–H groups in total. The highest BCUT2D eigenvalue weighted by Gasteiger charge is 2.05. The highest BCUT2D eigenvalue weighted by atomic mass is 35.5. The van der Waals surface area contributed by atoms with Gasteiger partial charge in [0.2, 0.25) is 5.88 Å². The average Bonchev–Trinajstić information content (AvgIpc) is 2.30. The molecule has 0 aliphatic rings. The molecule has 3 nitrogen and oxygen atoms in total. The molecule has 0 aromatic carbocycles. The number of rotatable bonds is 6. The van der Waals surface area contributed by atoms with Crippen molar-refractivity contribution in [3.8, 4) is 5.88 Å². The normalized spacial score (nSPS) is 10.1. The first-order chi connectivity index (χ1) is 7.31. The van der Waals surface area contributed by atoms with Crippen LogP contribution in [0.2, 0.25) is 0 Å². The third-order valence-electron chi connectivity index (χ3n) is 2.19. The van der Waals surface area contributed by atoms with E-state index in [-0.39, 0.29) is 0 Å². The molecule has 1 rings (SSSR count). The van der Waals surface area contributed by atoms with Crippen molar-refractivity contribution in [2.75, 3.05) is 31.0 Å². The summed E-state index contributed by atoms with van der Waals surface area (Å²) in [5.41, 5.74) is 0. The Morgan fingerprint density at radius 1 is 1.47 bits per heavy atom. The summed E-state index contributed by atoms with van der Waals surface area (Å²) >= 11 is 5.68. The van der Waals surface area contributed by atoms with Crippen molar-refractivity contribution in [3.63, 3.8) is 0 Å². The molecule has 0 saturated carbocycles. The molecule has 0 atom stereocenters. The van der Waals surface area contributed by atoms with Gasteiger partial charge in [-0.1, -0.05) is 6.07 Å². The lowest BCUT2D eigenvalue weighted by molar-refractivity contribution is 0.398. The smallest absolute Gasteiger partial charge is 0.214 e.